The molecule has 0 aliphatic heterocycles. The van der Waals surface area contributed by atoms with Crippen LogP contribution in [0.1, 0.15) is 0 Å². The topological polar surface area (TPSA) is 64.1 Å². The molecular weight excluding hydrogens is 190 g/mol. The minimum Gasteiger partial charge on any atom is -0.870 e. The highest BCUT2D eigenvalue weighted by Gasteiger charge is 2.13. The first-order valence-electron chi connectivity index (χ1n) is 2.93. The summed E-state index contributed by atoms with van der Waals surface area (Å²) >= 11 is 0. The monoisotopic (exact) mass is 203 g/mol. The highest BCUT2D eigenvalue weighted by molar-refractivity contribution is 8.13. The maximum absolute atomic E-state index is 10.4. The van der Waals surface area contributed by atoms with Crippen molar-refractivity contribution in [3.8, 4) is 0 Å². The Hall–Kier alpha value is 0.160. The molecule has 0 saturated heterocycles. The van der Waals surface area contributed by atoms with E-state index in [1.807, 2.05) is 21.1 Å². The van der Waals surface area contributed by atoms with Crippen LogP contribution in [0.2, 0.25) is 0 Å². The number of quaternary nitrogens is 1. The zero-order valence-corrected chi connectivity index (χ0v) is 8.48. The summed E-state index contributed by atoms with van der Waals surface area (Å²) in [5.74, 6) is 0.0397. The van der Waals surface area contributed by atoms with Crippen molar-refractivity contribution in [1.82, 2.24) is 0 Å². The summed E-state index contributed by atoms with van der Waals surface area (Å²) in [7, 11) is 7.46. The van der Waals surface area contributed by atoms with Gasteiger partial charge in [-0.3, -0.25) is 0 Å². The Morgan fingerprint density at radius 3 is 1.73 bits per heavy atom. The summed E-state index contributed by atoms with van der Waals surface area (Å²) in [5.41, 5.74) is 0. The van der Waals surface area contributed by atoms with Crippen molar-refractivity contribution in [2.24, 2.45) is 0 Å². The van der Waals surface area contributed by atoms with Crippen molar-refractivity contribution in [3.05, 3.63) is 0 Å². The Morgan fingerprint density at radius 1 is 1.27 bits per heavy atom. The Balaban J connectivity index is 0. The van der Waals surface area contributed by atoms with Gasteiger partial charge in [-0.05, 0) is 0 Å². The van der Waals surface area contributed by atoms with Crippen molar-refractivity contribution in [2.45, 2.75) is 0 Å². The number of nitrogens with zero attached hydrogens (tertiary/aromatic N) is 1. The second-order valence-corrected chi connectivity index (χ2v) is 6.15. The van der Waals surface area contributed by atoms with Crippen LogP contribution in [0.15, 0.2) is 0 Å². The second kappa shape index (κ2) is 4.25. The van der Waals surface area contributed by atoms with Gasteiger partial charge < -0.3 is 9.96 Å². The fourth-order valence-electron chi connectivity index (χ4n) is 0.383. The normalized spacial score (nSPS) is 12.4. The number of halogens is 1. The van der Waals surface area contributed by atoms with Crippen LogP contribution in [0.4, 0.5) is 0 Å². The number of hydrogen-bond donors (Lipinski definition) is 0. The van der Waals surface area contributed by atoms with Gasteiger partial charge in [0.2, 0.25) is 9.05 Å². The first-order chi connectivity index (χ1) is 4.21. The van der Waals surface area contributed by atoms with Crippen LogP contribution in [0.5, 0.6) is 0 Å². The molecule has 0 heterocycles. The zero-order chi connectivity index (χ0) is 8.41. The van der Waals surface area contributed by atoms with Gasteiger partial charge >= 0.3 is 0 Å². The molecule has 0 aromatic rings. The van der Waals surface area contributed by atoms with E-state index in [4.69, 9.17) is 10.7 Å². The molecule has 0 unspecified atom stereocenters. The molecule has 0 aliphatic rings. The van der Waals surface area contributed by atoms with Crippen molar-refractivity contribution >= 4 is 19.7 Å². The Bertz CT molecular complexity index is 194. The van der Waals surface area contributed by atoms with Gasteiger partial charge in [0.15, 0.2) is 0 Å². The lowest BCUT2D eigenvalue weighted by Gasteiger charge is -2.22. The summed E-state index contributed by atoms with van der Waals surface area (Å²) in [4.78, 5) is 0. The zero-order valence-electron chi connectivity index (χ0n) is 6.91. The largest absolute Gasteiger partial charge is 0.870 e. The summed E-state index contributed by atoms with van der Waals surface area (Å²) in [6.07, 6.45) is 0. The minimum absolute atomic E-state index is 0. The molecule has 0 rings (SSSR count). The van der Waals surface area contributed by atoms with Gasteiger partial charge in [0, 0.05) is 10.7 Å². The van der Waals surface area contributed by atoms with Gasteiger partial charge in [0.1, 0.15) is 5.75 Å². The lowest BCUT2D eigenvalue weighted by molar-refractivity contribution is -0.867. The van der Waals surface area contributed by atoms with Gasteiger partial charge in [0.05, 0.1) is 27.7 Å². The standard InChI is InChI=1S/C5H13ClNO2S.H2O/c1-7(2,3)4-5-10(6,8)9;/h4-5H2,1-3H3;1H2/q+1;/p-1. The second-order valence-electron chi connectivity index (χ2n) is 3.26. The van der Waals surface area contributed by atoms with Crippen molar-refractivity contribution in [2.75, 3.05) is 33.4 Å². The summed E-state index contributed by atoms with van der Waals surface area (Å²) in [5, 5.41) is 0. The van der Waals surface area contributed by atoms with Gasteiger partial charge in [-0.25, -0.2) is 8.42 Å². The first-order valence-corrected chi connectivity index (χ1v) is 5.41. The summed E-state index contributed by atoms with van der Waals surface area (Å²) < 4.78 is 21.5. The third-order valence-electron chi connectivity index (χ3n) is 1.01. The smallest absolute Gasteiger partial charge is 0.238 e. The molecule has 0 amide bonds. The fourth-order valence-corrected chi connectivity index (χ4v) is 1.36. The molecule has 0 aromatic carbocycles. The molecule has 70 valence electrons. The molecule has 1 N–H and O–H groups in total. The molecule has 0 spiro atoms. The third-order valence-corrected chi connectivity index (χ3v) is 2.14. The van der Waals surface area contributed by atoms with E-state index < -0.39 is 9.05 Å². The van der Waals surface area contributed by atoms with E-state index in [0.717, 1.165) is 0 Å². The van der Waals surface area contributed by atoms with E-state index in [1.165, 1.54) is 0 Å². The van der Waals surface area contributed by atoms with Gasteiger partial charge in [-0.2, -0.15) is 0 Å². The van der Waals surface area contributed by atoms with Crippen LogP contribution in [0.25, 0.3) is 0 Å². The Kier molecular flexibility index (Phi) is 5.31. The van der Waals surface area contributed by atoms with E-state index in [0.29, 0.717) is 11.0 Å². The average molecular weight is 204 g/mol. The summed E-state index contributed by atoms with van der Waals surface area (Å²) in [6.45, 7) is 0.547. The van der Waals surface area contributed by atoms with E-state index in [1.54, 1.807) is 0 Å². The predicted octanol–water partition coefficient (Wildman–Crippen LogP) is 0.0844. The van der Waals surface area contributed by atoms with Gasteiger partial charge in [-0.15, -0.1) is 0 Å². The van der Waals surface area contributed by atoms with E-state index in [9.17, 15) is 8.42 Å². The maximum atomic E-state index is 10.4. The fraction of sp³-hybridized carbons (Fsp3) is 1.00. The Morgan fingerprint density at radius 2 is 1.64 bits per heavy atom. The molecule has 4 nitrogen and oxygen atoms in total. The Labute approximate surface area is 72.1 Å². The molecular formula is C5H14ClNO3S. The van der Waals surface area contributed by atoms with E-state index in [2.05, 4.69) is 0 Å². The van der Waals surface area contributed by atoms with E-state index >= 15 is 0 Å². The van der Waals surface area contributed by atoms with Crippen LogP contribution in [-0.4, -0.2) is 51.8 Å². The molecule has 0 aliphatic carbocycles. The minimum atomic E-state index is -3.30. The highest BCUT2D eigenvalue weighted by Crippen LogP contribution is 1.98. The van der Waals surface area contributed by atoms with Crippen LogP contribution < -0.4 is 0 Å². The molecule has 0 bridgehead atoms. The molecule has 0 saturated carbocycles. The van der Waals surface area contributed by atoms with Crippen LogP contribution >= 0.6 is 10.7 Å². The number of rotatable bonds is 3. The maximum Gasteiger partial charge on any atom is 0.238 e. The molecule has 0 atom stereocenters. The van der Waals surface area contributed by atoms with Gasteiger partial charge in [0.25, 0.3) is 0 Å². The SMILES string of the molecule is C[N+](C)(C)CCS(=O)(=O)Cl.[OH-]. The molecule has 6 heteroatoms. The average Bonchev–Trinajstić information content (AvgIpc) is 1.57. The van der Waals surface area contributed by atoms with Crippen molar-refractivity contribution < 1.29 is 18.4 Å². The number of hydrogen-bond acceptors (Lipinski definition) is 3. The molecule has 11 heavy (non-hydrogen) atoms. The summed E-state index contributed by atoms with van der Waals surface area (Å²) in [6, 6.07) is 0. The predicted molar refractivity (Wildman–Crippen MR) is 44.5 cm³/mol. The van der Waals surface area contributed by atoms with Crippen LogP contribution in [0.3, 0.4) is 0 Å². The quantitative estimate of drug-likeness (QED) is 0.482. The third kappa shape index (κ3) is 13.2. The lowest BCUT2D eigenvalue weighted by atomic mass is 10.6. The molecule has 0 radical (unpaired) electrons. The van der Waals surface area contributed by atoms with Gasteiger partial charge in [-0.1, -0.05) is 0 Å². The highest BCUT2D eigenvalue weighted by atomic mass is 35.7. The van der Waals surface area contributed by atoms with E-state index in [-0.39, 0.29) is 11.2 Å². The van der Waals surface area contributed by atoms with Crippen LogP contribution in [0, 0.1) is 0 Å². The molecule has 0 aromatic heterocycles. The van der Waals surface area contributed by atoms with Crippen LogP contribution in [-0.2, 0) is 9.05 Å². The lowest BCUT2D eigenvalue weighted by Crippen LogP contribution is -2.38. The first kappa shape index (κ1) is 13.7. The molecule has 0 fully saturated rings. The van der Waals surface area contributed by atoms with Crippen molar-refractivity contribution in [3.63, 3.8) is 0 Å². The van der Waals surface area contributed by atoms with Crippen molar-refractivity contribution in [1.29, 1.82) is 0 Å².